The Bertz CT molecular complexity index is 828. The zero-order valence-corrected chi connectivity index (χ0v) is 14.0. The molecular weight excluding hydrogens is 342 g/mol. The van der Waals surface area contributed by atoms with Crippen LogP contribution in [0.15, 0.2) is 48.5 Å². The zero-order valence-electron chi connectivity index (χ0n) is 13.2. The van der Waals surface area contributed by atoms with E-state index in [1.807, 2.05) is 0 Å². The van der Waals surface area contributed by atoms with Crippen LogP contribution in [0.2, 0.25) is 5.02 Å². The number of halogens is 1. The molecule has 0 radical (unpaired) electrons. The van der Waals surface area contributed by atoms with Crippen LogP contribution in [0.4, 0.5) is 10.5 Å². The maximum atomic E-state index is 11.7. The van der Waals surface area contributed by atoms with Crippen LogP contribution >= 0.6 is 11.6 Å². The van der Waals surface area contributed by atoms with Gasteiger partial charge in [-0.1, -0.05) is 41.6 Å². The number of carbonyl (C=O) groups is 2. The van der Waals surface area contributed by atoms with Gasteiger partial charge in [-0.2, -0.15) is 0 Å². The van der Waals surface area contributed by atoms with Gasteiger partial charge in [0, 0.05) is 10.7 Å². The topological polar surface area (TPSA) is 93.5 Å². The molecule has 0 saturated heterocycles. The van der Waals surface area contributed by atoms with Crippen LogP contribution in [0.25, 0.3) is 0 Å². The summed E-state index contributed by atoms with van der Waals surface area (Å²) in [4.78, 5) is 22.9. The Kier molecular flexibility index (Phi) is 6.69. The molecule has 6 nitrogen and oxygen atoms in total. The first kappa shape index (κ1) is 18.2. The fraction of sp³-hybridized carbons (Fsp3) is 0.111. The molecule has 0 bridgehead atoms. The molecule has 128 valence electrons. The standard InChI is InChI=1S/C18H16ClN3O3/c19-13-6-5-7-14(12-13)22-18(24)21-10-3-4-11-25-16-9-2-1-8-15(16)17(20)23/h1-2,5-9,12H,10-11H2,(H2,20,23)(H2,21,22,24). The number of hydrogen-bond acceptors (Lipinski definition) is 3. The van der Waals surface area contributed by atoms with E-state index in [0.29, 0.717) is 22.0 Å². The normalized spacial score (nSPS) is 9.48. The van der Waals surface area contributed by atoms with Crippen LogP contribution in [0.3, 0.4) is 0 Å². The number of amides is 3. The monoisotopic (exact) mass is 357 g/mol. The van der Waals surface area contributed by atoms with Crippen molar-refractivity contribution in [2.24, 2.45) is 5.73 Å². The molecule has 0 atom stereocenters. The average molecular weight is 358 g/mol. The number of nitrogens with one attached hydrogen (secondary N) is 2. The molecule has 7 heteroatoms. The lowest BCUT2D eigenvalue weighted by Crippen LogP contribution is -2.28. The van der Waals surface area contributed by atoms with E-state index in [0.717, 1.165) is 0 Å². The Hall–Kier alpha value is -3.17. The highest BCUT2D eigenvalue weighted by Crippen LogP contribution is 2.16. The number of benzene rings is 2. The minimum Gasteiger partial charge on any atom is -0.480 e. The lowest BCUT2D eigenvalue weighted by molar-refractivity contribution is 0.0997. The van der Waals surface area contributed by atoms with Crippen LogP contribution in [0, 0.1) is 11.8 Å². The molecular formula is C18H16ClN3O3. The highest BCUT2D eigenvalue weighted by molar-refractivity contribution is 6.30. The van der Waals surface area contributed by atoms with Crippen molar-refractivity contribution in [3.05, 3.63) is 59.1 Å². The molecule has 0 fully saturated rings. The zero-order chi connectivity index (χ0) is 18.1. The van der Waals surface area contributed by atoms with Crippen molar-refractivity contribution in [1.29, 1.82) is 0 Å². The number of para-hydroxylation sites is 1. The summed E-state index contributed by atoms with van der Waals surface area (Å²) in [5, 5.41) is 5.75. The van der Waals surface area contributed by atoms with Gasteiger partial charge in [-0.25, -0.2) is 4.79 Å². The van der Waals surface area contributed by atoms with E-state index in [1.54, 1.807) is 48.5 Å². The van der Waals surface area contributed by atoms with Crippen LogP contribution in [-0.2, 0) is 0 Å². The second-order valence-electron chi connectivity index (χ2n) is 4.82. The van der Waals surface area contributed by atoms with Gasteiger partial charge in [-0.05, 0) is 30.3 Å². The van der Waals surface area contributed by atoms with Crippen molar-refractivity contribution >= 4 is 29.2 Å². The number of primary amides is 1. The van der Waals surface area contributed by atoms with Crippen molar-refractivity contribution in [1.82, 2.24) is 5.32 Å². The second-order valence-corrected chi connectivity index (χ2v) is 5.26. The van der Waals surface area contributed by atoms with Crippen molar-refractivity contribution < 1.29 is 14.3 Å². The van der Waals surface area contributed by atoms with Gasteiger partial charge in [-0.15, -0.1) is 0 Å². The number of rotatable bonds is 5. The molecule has 0 aliphatic heterocycles. The van der Waals surface area contributed by atoms with Gasteiger partial charge in [0.1, 0.15) is 12.4 Å². The number of carbonyl (C=O) groups excluding carboxylic acids is 2. The van der Waals surface area contributed by atoms with E-state index < -0.39 is 11.9 Å². The number of urea groups is 1. The predicted octanol–water partition coefficient (Wildman–Crippen LogP) is 2.64. The van der Waals surface area contributed by atoms with Crippen LogP contribution < -0.4 is 21.1 Å². The average Bonchev–Trinajstić information content (AvgIpc) is 2.58. The van der Waals surface area contributed by atoms with Gasteiger partial charge in [-0.3, -0.25) is 4.79 Å². The Morgan fingerprint density at radius 2 is 1.92 bits per heavy atom. The molecule has 0 saturated carbocycles. The van der Waals surface area contributed by atoms with Crippen molar-refractivity contribution in [2.45, 2.75) is 0 Å². The first-order valence-corrected chi connectivity index (χ1v) is 7.72. The SMILES string of the molecule is NC(=O)c1ccccc1OCC#CCNC(=O)Nc1cccc(Cl)c1. The second kappa shape index (κ2) is 9.21. The molecule has 0 aliphatic carbocycles. The molecule has 0 unspecified atom stereocenters. The minimum absolute atomic E-state index is 0.0713. The highest BCUT2D eigenvalue weighted by atomic mass is 35.5. The van der Waals surface area contributed by atoms with E-state index in [9.17, 15) is 9.59 Å². The molecule has 2 rings (SSSR count). The lowest BCUT2D eigenvalue weighted by atomic mass is 10.2. The third kappa shape index (κ3) is 6.09. The minimum atomic E-state index is -0.567. The van der Waals surface area contributed by atoms with E-state index >= 15 is 0 Å². The van der Waals surface area contributed by atoms with Gasteiger partial charge in [0.05, 0.1) is 12.1 Å². The Labute approximate surface area is 150 Å². The summed E-state index contributed by atoms with van der Waals surface area (Å²) in [6, 6.07) is 13.1. The van der Waals surface area contributed by atoms with Gasteiger partial charge in [0.15, 0.2) is 0 Å². The quantitative estimate of drug-likeness (QED) is 0.718. The number of anilines is 1. The molecule has 0 spiro atoms. The Morgan fingerprint density at radius 1 is 1.12 bits per heavy atom. The summed E-state index contributed by atoms with van der Waals surface area (Å²) in [5.41, 5.74) is 6.14. The highest BCUT2D eigenvalue weighted by Gasteiger charge is 2.07. The third-order valence-corrected chi connectivity index (χ3v) is 3.23. The number of nitrogens with two attached hydrogens (primary N) is 1. The third-order valence-electron chi connectivity index (χ3n) is 3.00. The summed E-state index contributed by atoms with van der Waals surface area (Å²) in [6.07, 6.45) is 0. The van der Waals surface area contributed by atoms with Crippen molar-refractivity contribution in [2.75, 3.05) is 18.5 Å². The summed E-state index contributed by atoms with van der Waals surface area (Å²) in [6.45, 7) is 0.217. The number of hydrogen-bond donors (Lipinski definition) is 3. The molecule has 25 heavy (non-hydrogen) atoms. The van der Waals surface area contributed by atoms with Gasteiger partial charge < -0.3 is 21.1 Å². The molecule has 0 heterocycles. The van der Waals surface area contributed by atoms with E-state index in [4.69, 9.17) is 22.1 Å². The summed E-state index contributed by atoms with van der Waals surface area (Å²) in [5.74, 6) is 5.29. The van der Waals surface area contributed by atoms with Gasteiger partial charge in [0.25, 0.3) is 5.91 Å². The van der Waals surface area contributed by atoms with Crippen molar-refractivity contribution in [3.63, 3.8) is 0 Å². The summed E-state index contributed by atoms with van der Waals surface area (Å²) >= 11 is 5.83. The molecule has 2 aromatic carbocycles. The fourth-order valence-corrected chi connectivity index (χ4v) is 2.08. The maximum absolute atomic E-state index is 11.7. The van der Waals surface area contributed by atoms with E-state index in [2.05, 4.69) is 22.5 Å². The van der Waals surface area contributed by atoms with E-state index in [1.165, 1.54) is 0 Å². The predicted molar refractivity (Wildman–Crippen MR) is 96.7 cm³/mol. The fourth-order valence-electron chi connectivity index (χ4n) is 1.89. The summed E-state index contributed by atoms with van der Waals surface area (Å²) < 4.78 is 5.40. The summed E-state index contributed by atoms with van der Waals surface area (Å²) in [7, 11) is 0. The molecule has 2 aromatic rings. The lowest BCUT2D eigenvalue weighted by Gasteiger charge is -2.06. The maximum Gasteiger partial charge on any atom is 0.319 e. The van der Waals surface area contributed by atoms with Crippen molar-refractivity contribution in [3.8, 4) is 17.6 Å². The van der Waals surface area contributed by atoms with Crippen LogP contribution in [-0.4, -0.2) is 25.1 Å². The molecule has 0 aliphatic rings. The van der Waals surface area contributed by atoms with Gasteiger partial charge in [0.2, 0.25) is 0 Å². The molecule has 0 aromatic heterocycles. The Balaban J connectivity index is 1.74. The first-order valence-electron chi connectivity index (χ1n) is 7.34. The first-order chi connectivity index (χ1) is 12.1. The number of ether oxygens (including phenoxy) is 1. The largest absolute Gasteiger partial charge is 0.480 e. The molecule has 3 amide bonds. The van der Waals surface area contributed by atoms with Crippen LogP contribution in [0.5, 0.6) is 5.75 Å². The van der Waals surface area contributed by atoms with Crippen LogP contribution in [0.1, 0.15) is 10.4 Å². The Morgan fingerprint density at radius 3 is 2.68 bits per heavy atom. The smallest absolute Gasteiger partial charge is 0.319 e. The molecule has 4 N–H and O–H groups in total. The van der Waals surface area contributed by atoms with E-state index in [-0.39, 0.29) is 13.2 Å². The van der Waals surface area contributed by atoms with Gasteiger partial charge >= 0.3 is 6.03 Å².